The Bertz CT molecular complexity index is 1420. The first-order valence-electron chi connectivity index (χ1n) is 11.2. The molecular weight excluding hydrogens is 504 g/mol. The van der Waals surface area contributed by atoms with Gasteiger partial charge < -0.3 is 21.2 Å². The number of hydrogen-bond acceptors (Lipinski definition) is 7. The lowest BCUT2D eigenvalue weighted by Gasteiger charge is -2.21. The van der Waals surface area contributed by atoms with E-state index in [-0.39, 0.29) is 29.4 Å². The number of nitrogens with one attached hydrogen (secondary N) is 2. The summed E-state index contributed by atoms with van der Waals surface area (Å²) in [5.74, 6) is 4.02. The lowest BCUT2D eigenvalue weighted by molar-refractivity contribution is -0.227. The van der Waals surface area contributed by atoms with Gasteiger partial charge in [0.15, 0.2) is 17.7 Å². The van der Waals surface area contributed by atoms with E-state index in [1.807, 2.05) is 0 Å². The second kappa shape index (κ2) is 11.2. The van der Waals surface area contributed by atoms with Crippen LogP contribution in [-0.2, 0) is 11.3 Å². The molecule has 0 bridgehead atoms. The first-order valence-corrected chi connectivity index (χ1v) is 11.2. The number of rotatable bonds is 8. The van der Waals surface area contributed by atoms with E-state index in [0.29, 0.717) is 22.5 Å². The quantitative estimate of drug-likeness (QED) is 0.141. The molecule has 38 heavy (non-hydrogen) atoms. The highest BCUT2D eigenvalue weighted by Gasteiger charge is 2.41. The van der Waals surface area contributed by atoms with Gasteiger partial charge in [0.2, 0.25) is 0 Å². The number of ether oxygens (including phenoxy) is 1. The van der Waals surface area contributed by atoms with Gasteiger partial charge >= 0.3 is 6.18 Å². The van der Waals surface area contributed by atoms with Crippen molar-refractivity contribution in [3.05, 3.63) is 102 Å². The fourth-order valence-corrected chi connectivity index (χ4v) is 3.55. The second-order valence-electron chi connectivity index (χ2n) is 8.13. The molecule has 4 aromatic rings. The summed E-state index contributed by atoms with van der Waals surface area (Å²) in [6.07, 6.45) is -5.32. The highest BCUT2D eigenvalue weighted by Crippen LogP contribution is 2.36. The first-order chi connectivity index (χ1) is 18.2. The molecule has 0 fully saturated rings. The van der Waals surface area contributed by atoms with Crippen molar-refractivity contribution in [3.8, 4) is 11.4 Å². The van der Waals surface area contributed by atoms with Gasteiger partial charge in [-0.05, 0) is 41.5 Å². The average Bonchev–Trinajstić information content (AvgIpc) is 2.90. The van der Waals surface area contributed by atoms with Gasteiger partial charge in [-0.25, -0.2) is 14.4 Å². The molecule has 1 atom stereocenters. The third kappa shape index (κ3) is 6.22. The Balaban J connectivity index is 1.44. The second-order valence-corrected chi connectivity index (χ2v) is 8.13. The lowest BCUT2D eigenvalue weighted by Crippen LogP contribution is -2.23. The number of nitrogen functional groups attached to an aromatic ring is 2. The van der Waals surface area contributed by atoms with Crippen molar-refractivity contribution in [1.82, 2.24) is 9.97 Å². The van der Waals surface area contributed by atoms with Crippen LogP contribution in [0.2, 0.25) is 0 Å². The molecule has 1 amide bonds. The summed E-state index contributed by atoms with van der Waals surface area (Å²) in [5, 5.41) is 2.56. The predicted molar refractivity (Wildman–Crippen MR) is 134 cm³/mol. The van der Waals surface area contributed by atoms with E-state index in [9.17, 15) is 22.4 Å². The Labute approximate surface area is 214 Å². The molecule has 0 aliphatic heterocycles. The zero-order chi connectivity index (χ0) is 27.3. The summed E-state index contributed by atoms with van der Waals surface area (Å²) in [6, 6.07) is 17.1. The smallest absolute Gasteiger partial charge is 0.382 e. The molecule has 1 unspecified atom stereocenters. The van der Waals surface area contributed by atoms with E-state index in [1.54, 1.807) is 6.07 Å². The van der Waals surface area contributed by atoms with Gasteiger partial charge in [-0.15, -0.1) is 0 Å². The van der Waals surface area contributed by atoms with Gasteiger partial charge in [0.1, 0.15) is 11.5 Å². The van der Waals surface area contributed by atoms with Gasteiger partial charge in [-0.1, -0.05) is 42.5 Å². The molecule has 6 N–H and O–H groups in total. The SMILES string of the molecule is NNc1cnc(-c2ccc(F)c(C(=O)Nc3ccc(COC(c4ccccc4)C(F)(F)F)cc3)c2)nc1N. The van der Waals surface area contributed by atoms with Crippen LogP contribution < -0.4 is 22.3 Å². The molecule has 0 radical (unpaired) electrons. The van der Waals surface area contributed by atoms with E-state index in [1.165, 1.54) is 66.9 Å². The number of nitrogens with two attached hydrogens (primary N) is 2. The maximum atomic E-state index is 14.5. The summed E-state index contributed by atoms with van der Waals surface area (Å²) in [4.78, 5) is 20.9. The zero-order valence-corrected chi connectivity index (χ0v) is 19.7. The maximum Gasteiger partial charge on any atom is 0.418 e. The third-order valence-corrected chi connectivity index (χ3v) is 5.47. The number of anilines is 3. The summed E-state index contributed by atoms with van der Waals surface area (Å²) >= 11 is 0. The predicted octanol–water partition coefficient (Wildman–Crippen LogP) is 5.22. The molecule has 1 aromatic heterocycles. The van der Waals surface area contributed by atoms with Crippen molar-refractivity contribution < 1.29 is 27.1 Å². The summed E-state index contributed by atoms with van der Waals surface area (Å²) < 4.78 is 60.0. The van der Waals surface area contributed by atoms with Gasteiger partial charge in [0.05, 0.1) is 18.4 Å². The van der Waals surface area contributed by atoms with Crippen LogP contribution in [0.1, 0.15) is 27.6 Å². The molecule has 3 aromatic carbocycles. The summed E-state index contributed by atoms with van der Waals surface area (Å²) in [5.41, 5.74) is 9.25. The number of benzene rings is 3. The van der Waals surface area contributed by atoms with Crippen molar-refractivity contribution in [1.29, 1.82) is 0 Å². The topological polar surface area (TPSA) is 128 Å². The number of hydrazine groups is 1. The van der Waals surface area contributed by atoms with E-state index in [0.717, 1.165) is 6.07 Å². The number of aromatic nitrogens is 2. The number of halogens is 4. The Morgan fingerprint density at radius 2 is 1.74 bits per heavy atom. The Kier molecular flexibility index (Phi) is 7.84. The number of amides is 1. The monoisotopic (exact) mass is 526 g/mol. The molecule has 196 valence electrons. The van der Waals surface area contributed by atoms with E-state index < -0.39 is 24.0 Å². The standard InChI is InChI=1S/C26H22F4N6O2/c27-20-11-8-17(24-33-13-21(36-32)23(31)35-24)12-19(20)25(37)34-18-9-6-15(7-10-18)14-38-22(26(28,29)30)16-4-2-1-3-5-16/h1-13,22,36H,14,32H2,(H,34,37)(H2,31,33,35). The summed E-state index contributed by atoms with van der Waals surface area (Å²) in [7, 11) is 0. The van der Waals surface area contributed by atoms with Crippen molar-refractivity contribution in [2.45, 2.75) is 18.9 Å². The van der Waals surface area contributed by atoms with Crippen LogP contribution >= 0.6 is 0 Å². The number of carbonyl (C=O) groups is 1. The molecule has 0 saturated heterocycles. The number of hydrogen-bond donors (Lipinski definition) is 4. The highest BCUT2D eigenvalue weighted by atomic mass is 19.4. The van der Waals surface area contributed by atoms with Gasteiger partial charge in [0.25, 0.3) is 5.91 Å². The van der Waals surface area contributed by atoms with Gasteiger partial charge in [-0.3, -0.25) is 10.6 Å². The van der Waals surface area contributed by atoms with Crippen molar-refractivity contribution in [2.24, 2.45) is 5.84 Å². The number of nitrogens with zero attached hydrogens (tertiary/aromatic N) is 2. The average molecular weight is 526 g/mol. The van der Waals surface area contributed by atoms with Crippen molar-refractivity contribution >= 4 is 23.1 Å². The van der Waals surface area contributed by atoms with E-state index in [4.69, 9.17) is 16.3 Å². The van der Waals surface area contributed by atoms with E-state index >= 15 is 0 Å². The summed E-state index contributed by atoms with van der Waals surface area (Å²) in [6.45, 7) is -0.314. The minimum Gasteiger partial charge on any atom is -0.382 e. The zero-order valence-electron chi connectivity index (χ0n) is 19.7. The molecular formula is C26H22F4N6O2. The highest BCUT2D eigenvalue weighted by molar-refractivity contribution is 6.05. The van der Waals surface area contributed by atoms with Crippen LogP contribution in [0, 0.1) is 5.82 Å². The largest absolute Gasteiger partial charge is 0.418 e. The molecule has 0 saturated carbocycles. The molecule has 1 heterocycles. The van der Waals surface area contributed by atoms with Crippen molar-refractivity contribution in [2.75, 3.05) is 16.5 Å². The molecule has 0 aliphatic rings. The van der Waals surface area contributed by atoms with Crippen LogP contribution in [0.5, 0.6) is 0 Å². The normalized spacial score (nSPS) is 12.1. The lowest BCUT2D eigenvalue weighted by atomic mass is 10.1. The molecule has 8 nitrogen and oxygen atoms in total. The Hall–Kier alpha value is -4.55. The third-order valence-electron chi connectivity index (χ3n) is 5.47. The Morgan fingerprint density at radius 1 is 1.03 bits per heavy atom. The van der Waals surface area contributed by atoms with Crippen molar-refractivity contribution in [3.63, 3.8) is 0 Å². The van der Waals surface area contributed by atoms with Crippen LogP contribution in [0.25, 0.3) is 11.4 Å². The van der Waals surface area contributed by atoms with Crippen LogP contribution in [0.3, 0.4) is 0 Å². The Morgan fingerprint density at radius 3 is 2.37 bits per heavy atom. The molecule has 12 heteroatoms. The first kappa shape index (κ1) is 26.5. The maximum absolute atomic E-state index is 14.5. The van der Waals surface area contributed by atoms with Crippen LogP contribution in [0.15, 0.2) is 79.0 Å². The number of carbonyl (C=O) groups excluding carboxylic acids is 1. The minimum atomic E-state index is -4.59. The fourth-order valence-electron chi connectivity index (χ4n) is 3.55. The fraction of sp³-hybridized carbons (Fsp3) is 0.115. The van der Waals surface area contributed by atoms with Gasteiger partial charge in [0, 0.05) is 11.3 Å². The molecule has 0 spiro atoms. The molecule has 4 rings (SSSR count). The van der Waals surface area contributed by atoms with E-state index in [2.05, 4.69) is 20.7 Å². The van der Waals surface area contributed by atoms with Gasteiger partial charge in [-0.2, -0.15) is 13.2 Å². The molecule has 0 aliphatic carbocycles. The number of alkyl halides is 3. The van der Waals surface area contributed by atoms with Crippen LogP contribution in [-0.4, -0.2) is 22.1 Å². The van der Waals surface area contributed by atoms with Crippen LogP contribution in [0.4, 0.5) is 34.8 Å². The minimum absolute atomic E-state index is 0.00628.